The molecule has 4 N–H and O–H groups in total. The molecular weight excluding hydrogens is 268 g/mol. The van der Waals surface area contributed by atoms with E-state index in [9.17, 15) is 4.79 Å². The summed E-state index contributed by atoms with van der Waals surface area (Å²) in [5.74, 6) is 0.538. The number of hydrogen-bond donors (Lipinski definition) is 2. The Balaban J connectivity index is 2.33. The van der Waals surface area contributed by atoms with Gasteiger partial charge in [0.05, 0.1) is 12.3 Å². The second-order valence-corrected chi connectivity index (χ2v) is 5.09. The van der Waals surface area contributed by atoms with E-state index in [0.29, 0.717) is 18.2 Å². The second-order valence-electron chi connectivity index (χ2n) is 5.09. The van der Waals surface area contributed by atoms with Gasteiger partial charge in [-0.25, -0.2) is 9.97 Å². The molecule has 1 aromatic carbocycles. The molecule has 0 saturated carbocycles. The third-order valence-corrected chi connectivity index (χ3v) is 2.71. The Morgan fingerprint density at radius 1 is 1.29 bits per heavy atom. The highest BCUT2D eigenvalue weighted by Gasteiger charge is 2.09. The first-order chi connectivity index (χ1) is 9.95. The fourth-order valence-corrected chi connectivity index (χ4v) is 1.75. The Bertz CT molecular complexity index is 656. The molecule has 0 aliphatic carbocycles. The molecule has 6 heteroatoms. The summed E-state index contributed by atoms with van der Waals surface area (Å²) in [6.45, 7) is 4.78. The summed E-state index contributed by atoms with van der Waals surface area (Å²) in [5, 5.41) is 0. The number of nitrogens with zero attached hydrogens (tertiary/aromatic N) is 2. The number of carbonyl (C=O) groups is 1. The first-order valence-corrected chi connectivity index (χ1v) is 6.63. The molecule has 1 amide bonds. The van der Waals surface area contributed by atoms with Crippen molar-refractivity contribution in [2.45, 2.75) is 13.8 Å². The van der Waals surface area contributed by atoms with Crippen molar-refractivity contribution in [2.24, 2.45) is 11.7 Å². The minimum absolute atomic E-state index is 0.00908. The predicted octanol–water partition coefficient (Wildman–Crippen LogP) is 1.86. The first-order valence-electron chi connectivity index (χ1n) is 6.63. The van der Waals surface area contributed by atoms with Gasteiger partial charge < -0.3 is 16.2 Å². The molecule has 0 aliphatic heterocycles. The minimum Gasteiger partial charge on any atom is -0.493 e. The number of aromatic nitrogens is 2. The molecule has 1 heterocycles. The van der Waals surface area contributed by atoms with Crippen molar-refractivity contribution in [1.29, 1.82) is 0 Å². The average Bonchev–Trinajstić information content (AvgIpc) is 2.44. The SMILES string of the molecule is CC(C)COc1cccc(-c2cc(C(N)=O)nc(N)n2)c1. The molecule has 0 aliphatic rings. The van der Waals surface area contributed by atoms with E-state index in [-0.39, 0.29) is 11.6 Å². The molecule has 0 bridgehead atoms. The van der Waals surface area contributed by atoms with Crippen LogP contribution in [0.4, 0.5) is 5.95 Å². The van der Waals surface area contributed by atoms with Gasteiger partial charge in [0.15, 0.2) is 0 Å². The molecule has 0 fully saturated rings. The second kappa shape index (κ2) is 6.21. The van der Waals surface area contributed by atoms with Crippen molar-refractivity contribution >= 4 is 11.9 Å². The van der Waals surface area contributed by atoms with E-state index in [0.717, 1.165) is 11.3 Å². The Morgan fingerprint density at radius 2 is 2.05 bits per heavy atom. The summed E-state index contributed by atoms with van der Waals surface area (Å²) in [4.78, 5) is 19.2. The van der Waals surface area contributed by atoms with Crippen LogP contribution in [-0.2, 0) is 0 Å². The maximum atomic E-state index is 11.2. The number of ether oxygens (including phenoxy) is 1. The Labute approximate surface area is 123 Å². The van der Waals surface area contributed by atoms with Crippen LogP contribution in [0.3, 0.4) is 0 Å². The number of hydrogen-bond acceptors (Lipinski definition) is 5. The van der Waals surface area contributed by atoms with Crippen molar-refractivity contribution < 1.29 is 9.53 Å². The topological polar surface area (TPSA) is 104 Å². The molecule has 21 heavy (non-hydrogen) atoms. The van der Waals surface area contributed by atoms with E-state index >= 15 is 0 Å². The quantitative estimate of drug-likeness (QED) is 0.873. The van der Waals surface area contributed by atoms with Crippen LogP contribution in [0.1, 0.15) is 24.3 Å². The molecule has 1 aromatic heterocycles. The van der Waals surface area contributed by atoms with Gasteiger partial charge in [-0.3, -0.25) is 4.79 Å². The summed E-state index contributed by atoms with van der Waals surface area (Å²) >= 11 is 0. The van der Waals surface area contributed by atoms with Gasteiger partial charge in [-0.15, -0.1) is 0 Å². The summed E-state index contributed by atoms with van der Waals surface area (Å²) in [5.41, 5.74) is 12.2. The van der Waals surface area contributed by atoms with Gasteiger partial charge in [0.1, 0.15) is 11.4 Å². The lowest BCUT2D eigenvalue weighted by Gasteiger charge is -2.10. The van der Waals surface area contributed by atoms with Crippen LogP contribution in [0.5, 0.6) is 5.75 Å². The zero-order valence-corrected chi connectivity index (χ0v) is 12.0. The number of benzene rings is 1. The predicted molar refractivity (Wildman–Crippen MR) is 80.7 cm³/mol. The lowest BCUT2D eigenvalue weighted by molar-refractivity contribution is 0.0995. The third-order valence-electron chi connectivity index (χ3n) is 2.71. The highest BCUT2D eigenvalue weighted by atomic mass is 16.5. The number of amides is 1. The summed E-state index contributed by atoms with van der Waals surface area (Å²) in [6, 6.07) is 8.93. The maximum absolute atomic E-state index is 11.2. The standard InChI is InChI=1S/C15H18N4O2/c1-9(2)8-21-11-5-3-4-10(6-11)12-7-13(14(16)20)19-15(17)18-12/h3-7,9H,8H2,1-2H3,(H2,16,20)(H2,17,18,19). The molecule has 110 valence electrons. The van der Waals surface area contributed by atoms with E-state index in [1.54, 1.807) is 0 Å². The lowest BCUT2D eigenvalue weighted by atomic mass is 10.1. The normalized spacial score (nSPS) is 10.6. The van der Waals surface area contributed by atoms with Crippen LogP contribution in [0.25, 0.3) is 11.3 Å². The smallest absolute Gasteiger partial charge is 0.267 e. The molecule has 0 atom stereocenters. The van der Waals surface area contributed by atoms with Gasteiger partial charge in [0.2, 0.25) is 5.95 Å². The van der Waals surface area contributed by atoms with E-state index in [1.807, 2.05) is 24.3 Å². The van der Waals surface area contributed by atoms with Crippen molar-refractivity contribution in [2.75, 3.05) is 12.3 Å². The van der Waals surface area contributed by atoms with Crippen molar-refractivity contribution in [1.82, 2.24) is 9.97 Å². The molecule has 0 radical (unpaired) electrons. The van der Waals surface area contributed by atoms with Gasteiger partial charge >= 0.3 is 0 Å². The summed E-state index contributed by atoms with van der Waals surface area (Å²) in [6.07, 6.45) is 0. The first kappa shape index (κ1) is 14.8. The van der Waals surface area contributed by atoms with E-state index < -0.39 is 5.91 Å². The van der Waals surface area contributed by atoms with Crippen LogP contribution >= 0.6 is 0 Å². The van der Waals surface area contributed by atoms with Crippen molar-refractivity contribution in [3.8, 4) is 17.0 Å². The third kappa shape index (κ3) is 3.92. The molecular formula is C15H18N4O2. The van der Waals surface area contributed by atoms with Crippen molar-refractivity contribution in [3.05, 3.63) is 36.0 Å². The monoisotopic (exact) mass is 286 g/mol. The number of anilines is 1. The zero-order valence-electron chi connectivity index (χ0n) is 12.0. The van der Waals surface area contributed by atoms with Crippen LogP contribution in [0.2, 0.25) is 0 Å². The minimum atomic E-state index is -0.641. The summed E-state index contributed by atoms with van der Waals surface area (Å²) < 4.78 is 5.67. The molecule has 0 saturated heterocycles. The lowest BCUT2D eigenvalue weighted by Crippen LogP contribution is -2.15. The number of rotatable bonds is 5. The molecule has 2 rings (SSSR count). The van der Waals surface area contributed by atoms with Gasteiger partial charge in [-0.2, -0.15) is 0 Å². The zero-order chi connectivity index (χ0) is 15.4. The Hall–Kier alpha value is -2.63. The van der Waals surface area contributed by atoms with E-state index in [1.165, 1.54) is 6.07 Å². The summed E-state index contributed by atoms with van der Waals surface area (Å²) in [7, 11) is 0. The largest absolute Gasteiger partial charge is 0.493 e. The number of carbonyl (C=O) groups excluding carboxylic acids is 1. The van der Waals surface area contributed by atoms with Gasteiger partial charge in [-0.1, -0.05) is 26.0 Å². The van der Waals surface area contributed by atoms with Gasteiger partial charge in [0, 0.05) is 5.56 Å². The fraction of sp³-hybridized carbons (Fsp3) is 0.267. The number of nitrogen functional groups attached to an aromatic ring is 1. The number of nitrogens with two attached hydrogens (primary N) is 2. The molecule has 2 aromatic rings. The van der Waals surface area contributed by atoms with Crippen LogP contribution < -0.4 is 16.2 Å². The fourth-order valence-electron chi connectivity index (χ4n) is 1.75. The number of primary amides is 1. The highest BCUT2D eigenvalue weighted by molar-refractivity contribution is 5.92. The molecule has 0 unspecified atom stereocenters. The van der Waals surface area contributed by atoms with E-state index in [4.69, 9.17) is 16.2 Å². The maximum Gasteiger partial charge on any atom is 0.267 e. The molecule has 0 spiro atoms. The van der Waals surface area contributed by atoms with Crippen LogP contribution in [0, 0.1) is 5.92 Å². The van der Waals surface area contributed by atoms with Crippen molar-refractivity contribution in [3.63, 3.8) is 0 Å². The van der Waals surface area contributed by atoms with Crippen LogP contribution in [0.15, 0.2) is 30.3 Å². The highest BCUT2D eigenvalue weighted by Crippen LogP contribution is 2.23. The van der Waals surface area contributed by atoms with E-state index in [2.05, 4.69) is 23.8 Å². The Kier molecular flexibility index (Phi) is 4.37. The average molecular weight is 286 g/mol. The van der Waals surface area contributed by atoms with Gasteiger partial charge in [0.25, 0.3) is 5.91 Å². The Morgan fingerprint density at radius 3 is 2.71 bits per heavy atom. The van der Waals surface area contributed by atoms with Crippen LogP contribution in [-0.4, -0.2) is 22.5 Å². The van der Waals surface area contributed by atoms with Gasteiger partial charge in [-0.05, 0) is 24.1 Å². The molecule has 6 nitrogen and oxygen atoms in total.